The van der Waals surface area contributed by atoms with Gasteiger partial charge in [-0.25, -0.2) is 0 Å². The van der Waals surface area contributed by atoms with Crippen molar-refractivity contribution in [3.8, 4) is 0 Å². The number of ether oxygens (including phenoxy) is 1. The Balaban J connectivity index is 2.37. The maximum atomic E-state index is 11.5. The molecule has 0 amide bonds. The van der Waals surface area contributed by atoms with Crippen LogP contribution in [0.2, 0.25) is 0 Å². The number of carbonyl (C=O) groups excluding carboxylic acids is 1. The summed E-state index contributed by atoms with van der Waals surface area (Å²) < 4.78 is 5.21. The van der Waals surface area contributed by atoms with Gasteiger partial charge in [-0.3, -0.25) is 4.79 Å². The molecule has 0 saturated carbocycles. The number of allylic oxidation sites excluding steroid dienone is 2. The number of unbranched alkanes of at least 4 members (excludes halogenated alkanes) is 3. The van der Waals surface area contributed by atoms with Gasteiger partial charge in [-0.05, 0) is 12.8 Å². The molecule has 1 aliphatic carbocycles. The summed E-state index contributed by atoms with van der Waals surface area (Å²) in [5, 5.41) is 0. The highest BCUT2D eigenvalue weighted by atomic mass is 16.5. The molecule has 80 valence electrons. The zero-order chi connectivity index (χ0) is 10.4. The van der Waals surface area contributed by atoms with Crippen molar-refractivity contribution in [3.05, 3.63) is 11.3 Å². The lowest BCUT2D eigenvalue weighted by Crippen LogP contribution is -1.97. The summed E-state index contributed by atoms with van der Waals surface area (Å²) in [6.07, 6.45) is 7.26. The van der Waals surface area contributed by atoms with Crippen molar-refractivity contribution >= 4 is 5.78 Å². The SMILES string of the molecule is CCCCCCC1=C(OC)CCC1=O. The number of methoxy groups -OCH3 is 1. The van der Waals surface area contributed by atoms with Crippen molar-refractivity contribution in [2.45, 2.75) is 51.9 Å². The summed E-state index contributed by atoms with van der Waals surface area (Å²) >= 11 is 0. The molecule has 1 rings (SSSR count). The Morgan fingerprint density at radius 2 is 2.00 bits per heavy atom. The zero-order valence-corrected chi connectivity index (χ0v) is 9.27. The first-order valence-electron chi connectivity index (χ1n) is 5.58. The van der Waals surface area contributed by atoms with Crippen LogP contribution in [0.4, 0.5) is 0 Å². The van der Waals surface area contributed by atoms with Gasteiger partial charge >= 0.3 is 0 Å². The van der Waals surface area contributed by atoms with Crippen molar-refractivity contribution in [1.29, 1.82) is 0 Å². The highest BCUT2D eigenvalue weighted by molar-refractivity contribution is 5.98. The molecule has 0 aromatic carbocycles. The first-order chi connectivity index (χ1) is 6.79. The second-order valence-electron chi connectivity index (χ2n) is 3.84. The average Bonchev–Trinajstić information content (AvgIpc) is 2.55. The summed E-state index contributed by atoms with van der Waals surface area (Å²) in [5.74, 6) is 1.24. The minimum Gasteiger partial charge on any atom is -0.501 e. The van der Waals surface area contributed by atoms with E-state index < -0.39 is 0 Å². The first kappa shape index (κ1) is 11.3. The van der Waals surface area contributed by atoms with Crippen molar-refractivity contribution < 1.29 is 9.53 Å². The van der Waals surface area contributed by atoms with Crippen LogP contribution in [0.15, 0.2) is 11.3 Å². The van der Waals surface area contributed by atoms with Crippen LogP contribution in [0.1, 0.15) is 51.9 Å². The second kappa shape index (κ2) is 5.84. The Bertz CT molecular complexity index is 228. The number of rotatable bonds is 6. The molecule has 2 nitrogen and oxygen atoms in total. The number of carbonyl (C=O) groups is 1. The maximum absolute atomic E-state index is 11.5. The maximum Gasteiger partial charge on any atom is 0.162 e. The Kier molecular flexibility index (Phi) is 4.71. The second-order valence-corrected chi connectivity index (χ2v) is 3.84. The van der Waals surface area contributed by atoms with Crippen LogP contribution in [0.3, 0.4) is 0 Å². The van der Waals surface area contributed by atoms with Gasteiger partial charge in [0.2, 0.25) is 0 Å². The largest absolute Gasteiger partial charge is 0.501 e. The molecule has 0 unspecified atom stereocenters. The van der Waals surface area contributed by atoms with Gasteiger partial charge < -0.3 is 4.74 Å². The van der Waals surface area contributed by atoms with Gasteiger partial charge in [0.15, 0.2) is 5.78 Å². The van der Waals surface area contributed by atoms with E-state index in [2.05, 4.69) is 6.92 Å². The zero-order valence-electron chi connectivity index (χ0n) is 9.27. The summed E-state index contributed by atoms with van der Waals surface area (Å²) in [5.41, 5.74) is 0.962. The Hall–Kier alpha value is -0.790. The third-order valence-electron chi connectivity index (χ3n) is 2.78. The van der Waals surface area contributed by atoms with Gasteiger partial charge in [0.1, 0.15) is 5.76 Å². The van der Waals surface area contributed by atoms with E-state index in [4.69, 9.17) is 4.74 Å². The molecule has 0 bridgehead atoms. The monoisotopic (exact) mass is 196 g/mol. The van der Waals surface area contributed by atoms with E-state index in [1.165, 1.54) is 19.3 Å². The molecule has 0 spiro atoms. The van der Waals surface area contributed by atoms with Crippen LogP contribution < -0.4 is 0 Å². The van der Waals surface area contributed by atoms with E-state index in [-0.39, 0.29) is 0 Å². The highest BCUT2D eigenvalue weighted by Gasteiger charge is 2.22. The number of Topliss-reactive ketones (excluding diaryl/α,β-unsaturated/α-hetero) is 1. The lowest BCUT2D eigenvalue weighted by Gasteiger charge is -2.04. The van der Waals surface area contributed by atoms with Crippen molar-refractivity contribution in [1.82, 2.24) is 0 Å². The van der Waals surface area contributed by atoms with Crippen molar-refractivity contribution in [2.24, 2.45) is 0 Å². The molecule has 0 aromatic heterocycles. The van der Waals surface area contributed by atoms with E-state index >= 15 is 0 Å². The average molecular weight is 196 g/mol. The molecule has 0 saturated heterocycles. The van der Waals surface area contributed by atoms with Crippen molar-refractivity contribution in [2.75, 3.05) is 7.11 Å². The molecule has 0 radical (unpaired) electrons. The third-order valence-corrected chi connectivity index (χ3v) is 2.78. The van der Waals surface area contributed by atoms with Gasteiger partial charge in [-0.1, -0.05) is 26.2 Å². The minimum atomic E-state index is 0.304. The van der Waals surface area contributed by atoms with E-state index in [1.807, 2.05) is 0 Å². The van der Waals surface area contributed by atoms with E-state index in [1.54, 1.807) is 7.11 Å². The predicted molar refractivity (Wildman–Crippen MR) is 57.0 cm³/mol. The molecule has 14 heavy (non-hydrogen) atoms. The molecule has 0 atom stereocenters. The molecule has 0 aromatic rings. The van der Waals surface area contributed by atoms with E-state index in [0.717, 1.165) is 30.6 Å². The Morgan fingerprint density at radius 3 is 2.64 bits per heavy atom. The summed E-state index contributed by atoms with van der Waals surface area (Å²) in [6.45, 7) is 2.20. The molecular formula is C12H20O2. The predicted octanol–water partition coefficient (Wildman–Crippen LogP) is 3.22. The molecule has 0 heterocycles. The van der Waals surface area contributed by atoms with Gasteiger partial charge in [0.05, 0.1) is 7.11 Å². The number of ketones is 1. The minimum absolute atomic E-state index is 0.304. The van der Waals surface area contributed by atoms with Crippen LogP contribution in [0, 0.1) is 0 Å². The van der Waals surface area contributed by atoms with Gasteiger partial charge in [0, 0.05) is 18.4 Å². The smallest absolute Gasteiger partial charge is 0.162 e. The lowest BCUT2D eigenvalue weighted by molar-refractivity contribution is -0.115. The number of hydrogen-bond donors (Lipinski definition) is 0. The van der Waals surface area contributed by atoms with Crippen LogP contribution in [0.25, 0.3) is 0 Å². The summed E-state index contributed by atoms with van der Waals surface area (Å²) in [4.78, 5) is 11.5. The number of hydrogen-bond acceptors (Lipinski definition) is 2. The molecular weight excluding hydrogens is 176 g/mol. The van der Waals surface area contributed by atoms with Crippen LogP contribution in [-0.4, -0.2) is 12.9 Å². The highest BCUT2D eigenvalue weighted by Crippen LogP contribution is 2.27. The van der Waals surface area contributed by atoms with Gasteiger partial charge in [0.25, 0.3) is 0 Å². The fraction of sp³-hybridized carbons (Fsp3) is 0.750. The van der Waals surface area contributed by atoms with Gasteiger partial charge in [-0.2, -0.15) is 0 Å². The topological polar surface area (TPSA) is 26.3 Å². The molecule has 0 N–H and O–H groups in total. The van der Waals surface area contributed by atoms with Crippen LogP contribution in [-0.2, 0) is 9.53 Å². The fourth-order valence-corrected chi connectivity index (χ4v) is 1.92. The third kappa shape index (κ3) is 2.86. The molecule has 0 fully saturated rings. The molecule has 1 aliphatic rings. The summed E-state index contributed by atoms with van der Waals surface area (Å²) in [7, 11) is 1.67. The molecule has 2 heteroatoms. The molecule has 0 aliphatic heterocycles. The Morgan fingerprint density at radius 1 is 1.21 bits per heavy atom. The quantitative estimate of drug-likeness (QED) is 0.610. The van der Waals surface area contributed by atoms with Crippen molar-refractivity contribution in [3.63, 3.8) is 0 Å². The standard InChI is InChI=1S/C12H20O2/c1-3-4-5-6-7-10-11(13)8-9-12(10)14-2/h3-9H2,1-2H3. The van der Waals surface area contributed by atoms with E-state index in [9.17, 15) is 4.79 Å². The Labute approximate surface area is 86.3 Å². The summed E-state index contributed by atoms with van der Waals surface area (Å²) in [6, 6.07) is 0. The first-order valence-corrected chi connectivity index (χ1v) is 5.58. The van der Waals surface area contributed by atoms with E-state index in [0.29, 0.717) is 12.2 Å². The van der Waals surface area contributed by atoms with Crippen LogP contribution >= 0.6 is 0 Å². The van der Waals surface area contributed by atoms with Crippen LogP contribution in [0.5, 0.6) is 0 Å². The lowest BCUT2D eigenvalue weighted by atomic mass is 10.1. The van der Waals surface area contributed by atoms with Gasteiger partial charge in [-0.15, -0.1) is 0 Å². The fourth-order valence-electron chi connectivity index (χ4n) is 1.92. The normalized spacial score (nSPS) is 16.6.